The number of hydrogen-bond donors (Lipinski definition) is 0. The average molecular weight is 530 g/mol. The lowest BCUT2D eigenvalue weighted by molar-refractivity contribution is -0.143. The predicted octanol–water partition coefficient (Wildman–Crippen LogP) is 7.18. The molecular weight excluding hydrogens is 508 g/mol. The van der Waals surface area contributed by atoms with E-state index in [0.717, 1.165) is 16.8 Å². The van der Waals surface area contributed by atoms with Crippen molar-refractivity contribution >= 4 is 0 Å². The van der Waals surface area contributed by atoms with Gasteiger partial charge in [-0.1, -0.05) is 20.8 Å². The summed E-state index contributed by atoms with van der Waals surface area (Å²) in [5.74, 6) is -2.22. The van der Waals surface area contributed by atoms with Crippen LogP contribution in [0.5, 0.6) is 0 Å². The molecule has 1 heterocycles. The Kier molecular flexibility index (Phi) is 5.32. The van der Waals surface area contributed by atoms with Crippen molar-refractivity contribution in [1.82, 2.24) is 9.36 Å². The summed E-state index contributed by atoms with van der Waals surface area (Å²) in [5, 5.41) is 0. The van der Waals surface area contributed by atoms with Crippen molar-refractivity contribution in [2.45, 2.75) is 63.8 Å². The summed E-state index contributed by atoms with van der Waals surface area (Å²) in [7, 11) is 0. The van der Waals surface area contributed by atoms with E-state index in [4.69, 9.17) is 0 Å². The molecule has 0 aliphatic heterocycles. The summed E-state index contributed by atoms with van der Waals surface area (Å²) < 4.78 is 112. The zero-order chi connectivity index (χ0) is 27.3. The summed E-state index contributed by atoms with van der Waals surface area (Å²) in [6.45, 7) is 5.26. The van der Waals surface area contributed by atoms with E-state index in [-0.39, 0.29) is 23.2 Å². The number of benzene rings is 2. The van der Waals surface area contributed by atoms with Crippen molar-refractivity contribution in [2.75, 3.05) is 0 Å². The smallest absolute Gasteiger partial charge is 0.277 e. The molecule has 37 heavy (non-hydrogen) atoms. The fraction of sp³-hybridized carbons (Fsp3) is 0.423. The van der Waals surface area contributed by atoms with Gasteiger partial charge in [0, 0.05) is 17.0 Å². The van der Waals surface area contributed by atoms with Gasteiger partial charge in [0.2, 0.25) is 0 Å². The molecule has 2 aromatic carbocycles. The van der Waals surface area contributed by atoms with E-state index < -0.39 is 58.0 Å². The SMILES string of the molecule is CC12CCC(c3c1n(Cc1cc(C(F)(F)F)cc(C(F)(F)F)c1)n(-c1ccc(F)cc1F)c3=O)C2(C)C. The highest BCUT2D eigenvalue weighted by atomic mass is 19.4. The Morgan fingerprint density at radius 2 is 1.51 bits per heavy atom. The van der Waals surface area contributed by atoms with E-state index in [1.165, 1.54) is 4.68 Å². The molecular formula is C26H22F8N2O. The maximum Gasteiger partial charge on any atom is 0.416 e. The molecule has 5 rings (SSSR count). The summed E-state index contributed by atoms with van der Waals surface area (Å²) >= 11 is 0. The van der Waals surface area contributed by atoms with Crippen LogP contribution in [0, 0.1) is 17.0 Å². The zero-order valence-corrected chi connectivity index (χ0v) is 20.0. The lowest BCUT2D eigenvalue weighted by Gasteiger charge is -2.36. The van der Waals surface area contributed by atoms with E-state index in [1.54, 1.807) is 0 Å². The molecule has 2 bridgehead atoms. The monoisotopic (exact) mass is 530 g/mol. The van der Waals surface area contributed by atoms with Crippen molar-refractivity contribution in [2.24, 2.45) is 5.41 Å². The van der Waals surface area contributed by atoms with E-state index in [0.29, 0.717) is 42.3 Å². The van der Waals surface area contributed by atoms with Crippen molar-refractivity contribution in [1.29, 1.82) is 0 Å². The Labute approximate surface area is 206 Å². The van der Waals surface area contributed by atoms with Gasteiger partial charge in [0.1, 0.15) is 11.5 Å². The second-order valence-corrected chi connectivity index (χ2v) is 10.6. The molecule has 0 amide bonds. The van der Waals surface area contributed by atoms with Gasteiger partial charge in [-0.2, -0.15) is 26.3 Å². The van der Waals surface area contributed by atoms with Gasteiger partial charge in [0.15, 0.2) is 5.82 Å². The standard InChI is InChI=1S/C26H22F8N2O/c1-23(2)17-6-7-24(23,3)21-20(17)22(37)36(19-5-4-16(27)11-18(19)28)35(21)12-13-8-14(25(29,30)31)10-15(9-13)26(32,33)34/h4-5,8-11,17H,6-7,12H2,1-3H3. The Balaban J connectivity index is 1.79. The third-order valence-corrected chi connectivity index (χ3v) is 8.39. The summed E-state index contributed by atoms with van der Waals surface area (Å²) in [5.41, 5.74) is -4.56. The molecule has 198 valence electrons. The van der Waals surface area contributed by atoms with E-state index in [9.17, 15) is 39.9 Å². The van der Waals surface area contributed by atoms with Crippen LogP contribution < -0.4 is 5.56 Å². The second kappa shape index (κ2) is 7.70. The van der Waals surface area contributed by atoms with Crippen LogP contribution in [-0.4, -0.2) is 9.36 Å². The first-order chi connectivity index (χ1) is 17.0. The van der Waals surface area contributed by atoms with Crippen LogP contribution >= 0.6 is 0 Å². The molecule has 1 saturated carbocycles. The number of nitrogens with zero attached hydrogens (tertiary/aromatic N) is 2. The van der Waals surface area contributed by atoms with Crippen molar-refractivity contribution in [3.05, 3.63) is 86.3 Å². The number of fused-ring (bicyclic) bond motifs is 5. The predicted molar refractivity (Wildman–Crippen MR) is 119 cm³/mol. The van der Waals surface area contributed by atoms with Gasteiger partial charge in [-0.05, 0) is 60.1 Å². The van der Waals surface area contributed by atoms with Crippen LogP contribution in [0.1, 0.15) is 67.5 Å². The lowest BCUT2D eigenvalue weighted by atomic mass is 9.70. The minimum atomic E-state index is -5.05. The van der Waals surface area contributed by atoms with Crippen LogP contribution in [0.15, 0.2) is 41.2 Å². The molecule has 0 radical (unpaired) electrons. The minimum Gasteiger partial charge on any atom is -0.277 e. The lowest BCUT2D eigenvalue weighted by Crippen LogP contribution is -2.36. The fourth-order valence-electron chi connectivity index (χ4n) is 6.22. The first kappa shape index (κ1) is 25.5. The third kappa shape index (κ3) is 3.64. The Morgan fingerprint density at radius 3 is 2.05 bits per heavy atom. The maximum absolute atomic E-state index is 14.9. The van der Waals surface area contributed by atoms with Crippen molar-refractivity contribution in [3.8, 4) is 5.69 Å². The normalized spacial score (nSPS) is 22.5. The molecule has 0 saturated heterocycles. The van der Waals surface area contributed by atoms with Gasteiger partial charge >= 0.3 is 12.4 Å². The molecule has 2 unspecified atom stereocenters. The van der Waals surface area contributed by atoms with Crippen LogP contribution in [0.25, 0.3) is 5.69 Å². The largest absolute Gasteiger partial charge is 0.416 e. The number of halogens is 8. The fourth-order valence-corrected chi connectivity index (χ4v) is 6.22. The Bertz CT molecular complexity index is 1450. The van der Waals surface area contributed by atoms with E-state index in [2.05, 4.69) is 0 Å². The Morgan fingerprint density at radius 1 is 0.919 bits per heavy atom. The van der Waals surface area contributed by atoms with Crippen molar-refractivity contribution < 1.29 is 35.1 Å². The highest BCUT2D eigenvalue weighted by Crippen LogP contribution is 2.67. The van der Waals surface area contributed by atoms with Crippen LogP contribution in [0.2, 0.25) is 0 Å². The molecule has 1 fully saturated rings. The van der Waals surface area contributed by atoms with Crippen LogP contribution in [-0.2, 0) is 24.3 Å². The molecule has 3 nitrogen and oxygen atoms in total. The number of alkyl halides is 6. The van der Waals surface area contributed by atoms with Gasteiger partial charge in [-0.15, -0.1) is 0 Å². The quantitative estimate of drug-likeness (QED) is 0.330. The third-order valence-electron chi connectivity index (χ3n) is 8.39. The van der Waals surface area contributed by atoms with Gasteiger partial charge in [0.05, 0.1) is 23.4 Å². The number of rotatable bonds is 3. The molecule has 2 aliphatic carbocycles. The minimum absolute atomic E-state index is 0.0305. The first-order valence-corrected chi connectivity index (χ1v) is 11.6. The molecule has 0 spiro atoms. The molecule has 2 aliphatic rings. The molecule has 0 N–H and O–H groups in total. The Hall–Kier alpha value is -3.11. The second-order valence-electron chi connectivity index (χ2n) is 10.6. The number of hydrogen-bond acceptors (Lipinski definition) is 1. The average Bonchev–Trinajstić information content (AvgIpc) is 3.24. The van der Waals surface area contributed by atoms with Gasteiger partial charge < -0.3 is 0 Å². The van der Waals surface area contributed by atoms with E-state index >= 15 is 0 Å². The number of aromatic nitrogens is 2. The molecule has 3 aromatic rings. The molecule has 11 heteroatoms. The van der Waals surface area contributed by atoms with E-state index in [1.807, 2.05) is 20.8 Å². The summed E-state index contributed by atoms with van der Waals surface area (Å²) in [4.78, 5) is 13.7. The zero-order valence-electron chi connectivity index (χ0n) is 20.0. The maximum atomic E-state index is 14.9. The summed E-state index contributed by atoms with van der Waals surface area (Å²) in [6.07, 6.45) is -8.82. The topological polar surface area (TPSA) is 26.9 Å². The van der Waals surface area contributed by atoms with Crippen LogP contribution in [0.3, 0.4) is 0 Å². The van der Waals surface area contributed by atoms with Crippen LogP contribution in [0.4, 0.5) is 35.1 Å². The van der Waals surface area contributed by atoms with Gasteiger partial charge in [-0.3, -0.25) is 9.48 Å². The highest BCUT2D eigenvalue weighted by molar-refractivity contribution is 5.48. The first-order valence-electron chi connectivity index (χ1n) is 11.6. The van der Waals surface area contributed by atoms with Crippen molar-refractivity contribution in [3.63, 3.8) is 0 Å². The molecule has 2 atom stereocenters. The highest BCUT2D eigenvalue weighted by Gasteiger charge is 2.63. The van der Waals surface area contributed by atoms with Gasteiger partial charge in [0.25, 0.3) is 5.56 Å². The van der Waals surface area contributed by atoms with Gasteiger partial charge in [-0.25, -0.2) is 13.5 Å². The summed E-state index contributed by atoms with van der Waals surface area (Å²) in [6, 6.07) is 3.75. The molecule has 1 aromatic heterocycles.